The lowest BCUT2D eigenvalue weighted by Gasteiger charge is -2.36. The monoisotopic (exact) mass is 474 g/mol. The molecule has 0 aliphatic rings. The zero-order valence-electron chi connectivity index (χ0n) is 20.1. The second kappa shape index (κ2) is 10.1. The number of carbonyl (C=O) groups is 1. The second-order valence-electron chi connectivity index (χ2n) is 9.45. The highest BCUT2D eigenvalue weighted by Gasteiger charge is 2.37. The highest BCUT2D eigenvalue weighted by Crippen LogP contribution is 2.38. The molecule has 0 N–H and O–H groups in total. The standard InChI is InChI=1S/C25H34O5SSi/c1-19(26)29-17-23(21-13-15-22(16-14-21)31(5,27)28)24(20-11-9-8-10-12-20)18-30-32(6,7)25(2,3)4/h8-16H,17-18H2,1-7H3. The Bertz CT molecular complexity index is 1060. The first kappa shape index (κ1) is 26.0. The van der Waals surface area contributed by atoms with Crippen molar-refractivity contribution in [1.82, 2.24) is 0 Å². The fourth-order valence-corrected chi connectivity index (χ4v) is 4.44. The van der Waals surface area contributed by atoms with Crippen LogP contribution in [0.4, 0.5) is 0 Å². The number of carbonyl (C=O) groups excluding carboxylic acids is 1. The minimum absolute atomic E-state index is 0.0436. The van der Waals surface area contributed by atoms with Crippen molar-refractivity contribution in [2.24, 2.45) is 0 Å². The first-order valence-electron chi connectivity index (χ1n) is 10.6. The average molecular weight is 475 g/mol. The van der Waals surface area contributed by atoms with Crippen LogP contribution in [0.3, 0.4) is 0 Å². The second-order valence-corrected chi connectivity index (χ2v) is 16.3. The molecule has 2 aromatic carbocycles. The molecule has 0 atom stereocenters. The maximum Gasteiger partial charge on any atom is 0.302 e. The van der Waals surface area contributed by atoms with Gasteiger partial charge in [-0.1, -0.05) is 63.2 Å². The van der Waals surface area contributed by atoms with E-state index in [0.29, 0.717) is 6.61 Å². The van der Waals surface area contributed by atoms with E-state index in [-0.39, 0.29) is 22.5 Å². The smallest absolute Gasteiger partial charge is 0.302 e. The molecular weight excluding hydrogens is 440 g/mol. The lowest BCUT2D eigenvalue weighted by molar-refractivity contribution is -0.139. The molecule has 7 heteroatoms. The van der Waals surface area contributed by atoms with Gasteiger partial charge in [0.1, 0.15) is 6.61 Å². The van der Waals surface area contributed by atoms with Gasteiger partial charge in [0.05, 0.1) is 11.5 Å². The Kier molecular flexibility index (Phi) is 8.25. The Morgan fingerprint density at radius 1 is 0.875 bits per heavy atom. The van der Waals surface area contributed by atoms with E-state index in [4.69, 9.17) is 9.16 Å². The molecule has 0 aliphatic heterocycles. The quantitative estimate of drug-likeness (QED) is 0.283. The fraction of sp³-hybridized carbons (Fsp3) is 0.400. The van der Waals surface area contributed by atoms with Gasteiger partial charge >= 0.3 is 5.97 Å². The third-order valence-corrected chi connectivity index (χ3v) is 11.5. The molecule has 0 heterocycles. The van der Waals surface area contributed by atoms with Crippen molar-refractivity contribution < 1.29 is 22.4 Å². The van der Waals surface area contributed by atoms with Gasteiger partial charge in [-0.25, -0.2) is 8.42 Å². The molecule has 0 radical (unpaired) electrons. The van der Waals surface area contributed by atoms with E-state index in [1.165, 1.54) is 13.2 Å². The van der Waals surface area contributed by atoms with Crippen LogP contribution in [0.1, 0.15) is 38.8 Å². The van der Waals surface area contributed by atoms with Gasteiger partial charge in [-0.3, -0.25) is 4.79 Å². The minimum Gasteiger partial charge on any atom is -0.461 e. The van der Waals surface area contributed by atoms with Gasteiger partial charge in [-0.05, 0) is 47.0 Å². The number of ether oxygens (including phenoxy) is 1. The van der Waals surface area contributed by atoms with Gasteiger partial charge in [-0.2, -0.15) is 0 Å². The molecule has 0 saturated carbocycles. The van der Waals surface area contributed by atoms with Gasteiger partial charge in [0.25, 0.3) is 0 Å². The lowest BCUT2D eigenvalue weighted by Crippen LogP contribution is -2.41. The molecule has 0 aromatic heterocycles. The van der Waals surface area contributed by atoms with Crippen molar-refractivity contribution in [2.45, 2.75) is 50.7 Å². The predicted octanol–water partition coefficient (Wildman–Crippen LogP) is 5.59. The summed E-state index contributed by atoms with van der Waals surface area (Å²) in [6, 6.07) is 16.5. The largest absolute Gasteiger partial charge is 0.461 e. The maximum atomic E-state index is 11.9. The number of esters is 1. The van der Waals surface area contributed by atoms with Crippen LogP contribution >= 0.6 is 0 Å². The van der Waals surface area contributed by atoms with Crippen molar-refractivity contribution in [3.63, 3.8) is 0 Å². The molecule has 0 saturated heterocycles. The Balaban J connectivity index is 2.63. The third-order valence-electron chi connectivity index (χ3n) is 5.92. The van der Waals surface area contributed by atoms with Crippen LogP contribution in [0.25, 0.3) is 11.1 Å². The Labute approximate surface area is 193 Å². The topological polar surface area (TPSA) is 69.7 Å². The van der Waals surface area contributed by atoms with Gasteiger partial charge in [0.15, 0.2) is 18.2 Å². The van der Waals surface area contributed by atoms with E-state index in [9.17, 15) is 13.2 Å². The van der Waals surface area contributed by atoms with E-state index in [0.717, 1.165) is 22.3 Å². The molecule has 0 aliphatic carbocycles. The van der Waals surface area contributed by atoms with Gasteiger partial charge < -0.3 is 9.16 Å². The normalized spacial score (nSPS) is 13.5. The van der Waals surface area contributed by atoms with E-state index in [1.807, 2.05) is 30.3 Å². The van der Waals surface area contributed by atoms with Crippen molar-refractivity contribution in [3.05, 3.63) is 65.7 Å². The minimum atomic E-state index is -3.31. The fourth-order valence-electron chi connectivity index (χ4n) is 2.87. The summed E-state index contributed by atoms with van der Waals surface area (Å²) < 4.78 is 35.7. The number of rotatable bonds is 8. The molecule has 5 nitrogen and oxygen atoms in total. The molecule has 0 amide bonds. The first-order valence-corrected chi connectivity index (χ1v) is 15.4. The van der Waals surface area contributed by atoms with Crippen molar-refractivity contribution >= 4 is 35.3 Å². The van der Waals surface area contributed by atoms with Crippen LogP contribution < -0.4 is 0 Å². The summed E-state index contributed by atoms with van der Waals surface area (Å²) in [5, 5.41) is 0.0436. The molecule has 0 bridgehead atoms. The highest BCUT2D eigenvalue weighted by molar-refractivity contribution is 7.90. The summed E-state index contributed by atoms with van der Waals surface area (Å²) in [6.45, 7) is 12.8. The maximum absolute atomic E-state index is 11.9. The Morgan fingerprint density at radius 3 is 1.84 bits per heavy atom. The van der Waals surface area contributed by atoms with Gasteiger partial charge in [0, 0.05) is 18.8 Å². The summed E-state index contributed by atoms with van der Waals surface area (Å²) in [7, 11) is -5.36. The van der Waals surface area contributed by atoms with E-state index >= 15 is 0 Å². The zero-order valence-corrected chi connectivity index (χ0v) is 21.9. The van der Waals surface area contributed by atoms with Crippen LogP contribution in [0.5, 0.6) is 0 Å². The van der Waals surface area contributed by atoms with Crippen LogP contribution in [0.2, 0.25) is 18.1 Å². The van der Waals surface area contributed by atoms with Gasteiger partial charge in [0.2, 0.25) is 0 Å². The van der Waals surface area contributed by atoms with E-state index in [2.05, 4.69) is 33.9 Å². The van der Waals surface area contributed by atoms with Crippen LogP contribution in [0, 0.1) is 0 Å². The molecule has 0 spiro atoms. The Morgan fingerprint density at radius 2 is 1.38 bits per heavy atom. The third kappa shape index (κ3) is 6.89. The van der Waals surface area contributed by atoms with Crippen molar-refractivity contribution in [3.8, 4) is 0 Å². The molecular formula is C25H34O5SSi. The van der Waals surface area contributed by atoms with Crippen LogP contribution in [-0.2, 0) is 23.8 Å². The number of hydrogen-bond donors (Lipinski definition) is 0. The summed E-state index contributed by atoms with van der Waals surface area (Å²) in [4.78, 5) is 11.9. The molecule has 0 unspecified atom stereocenters. The molecule has 2 rings (SSSR count). The summed E-state index contributed by atoms with van der Waals surface area (Å²) >= 11 is 0. The van der Waals surface area contributed by atoms with E-state index in [1.54, 1.807) is 24.3 Å². The lowest BCUT2D eigenvalue weighted by atomic mass is 9.95. The predicted molar refractivity (Wildman–Crippen MR) is 133 cm³/mol. The summed E-state index contributed by atoms with van der Waals surface area (Å²) in [5.41, 5.74) is 3.48. The highest BCUT2D eigenvalue weighted by atomic mass is 32.2. The SMILES string of the molecule is CC(=O)OCC(=C(CO[Si](C)(C)C(C)(C)C)c1ccccc1)c1ccc(S(C)(=O)=O)cc1. The molecule has 0 fully saturated rings. The van der Waals surface area contributed by atoms with E-state index < -0.39 is 18.2 Å². The average Bonchev–Trinajstić information content (AvgIpc) is 2.69. The first-order chi connectivity index (χ1) is 14.7. The Hall–Kier alpha value is -2.22. The van der Waals surface area contributed by atoms with Crippen molar-refractivity contribution in [2.75, 3.05) is 19.5 Å². The number of sulfone groups is 1. The van der Waals surface area contributed by atoms with Crippen molar-refractivity contribution in [1.29, 1.82) is 0 Å². The van der Waals surface area contributed by atoms with Crippen LogP contribution in [0.15, 0.2) is 59.5 Å². The molecule has 174 valence electrons. The number of benzene rings is 2. The zero-order chi connectivity index (χ0) is 24.2. The molecule has 2 aromatic rings. The summed E-state index contributed by atoms with van der Waals surface area (Å²) in [6.07, 6.45) is 1.18. The van der Waals surface area contributed by atoms with Gasteiger partial charge in [-0.15, -0.1) is 0 Å². The molecule has 32 heavy (non-hydrogen) atoms. The van der Waals surface area contributed by atoms with Crippen LogP contribution in [-0.4, -0.2) is 42.2 Å². The summed E-state index contributed by atoms with van der Waals surface area (Å²) in [5.74, 6) is -0.381. The number of hydrogen-bond acceptors (Lipinski definition) is 5.